The van der Waals surface area contributed by atoms with Crippen molar-refractivity contribution in [2.24, 2.45) is 0 Å². The van der Waals surface area contributed by atoms with Crippen LogP contribution in [0.1, 0.15) is 45.4 Å². The summed E-state index contributed by atoms with van der Waals surface area (Å²) in [6, 6.07) is 24.3. The molecule has 0 aliphatic rings. The zero-order chi connectivity index (χ0) is 24.1. The van der Waals surface area contributed by atoms with E-state index in [1.165, 1.54) is 33.0 Å². The number of alkyl halides is 3. The van der Waals surface area contributed by atoms with Gasteiger partial charge in [-0.25, -0.2) is 4.98 Å². The number of aryl methyl sites for hydroxylation is 3. The Kier molecular flexibility index (Phi) is 7.79. The molecule has 0 radical (unpaired) electrons. The highest BCUT2D eigenvalue weighted by Crippen LogP contribution is 2.44. The second kappa shape index (κ2) is 10.8. The minimum atomic E-state index is -4.34. The number of hydrogen-bond acceptors (Lipinski definition) is 3. The van der Waals surface area contributed by atoms with Crippen LogP contribution in [0.15, 0.2) is 83.8 Å². The molecule has 0 aliphatic carbocycles. The van der Waals surface area contributed by atoms with E-state index in [-0.39, 0.29) is 5.25 Å². The van der Waals surface area contributed by atoms with Crippen molar-refractivity contribution in [3.8, 4) is 10.6 Å². The van der Waals surface area contributed by atoms with Crippen LogP contribution in [0.2, 0.25) is 0 Å². The maximum Gasteiger partial charge on any atom is 0.416 e. The predicted molar refractivity (Wildman–Crippen MR) is 136 cm³/mol. The first kappa shape index (κ1) is 24.6. The van der Waals surface area contributed by atoms with Gasteiger partial charge in [-0.15, -0.1) is 23.1 Å². The summed E-state index contributed by atoms with van der Waals surface area (Å²) < 4.78 is 38.9. The monoisotopic (exact) mass is 497 g/mol. The van der Waals surface area contributed by atoms with Gasteiger partial charge in [0, 0.05) is 20.6 Å². The van der Waals surface area contributed by atoms with Crippen molar-refractivity contribution in [3.05, 3.63) is 106 Å². The molecule has 0 aliphatic heterocycles. The first-order chi connectivity index (χ1) is 16.3. The van der Waals surface area contributed by atoms with Gasteiger partial charge in [-0.2, -0.15) is 13.2 Å². The summed E-state index contributed by atoms with van der Waals surface area (Å²) in [7, 11) is 0. The van der Waals surface area contributed by atoms with Gasteiger partial charge in [-0.1, -0.05) is 60.2 Å². The van der Waals surface area contributed by atoms with E-state index >= 15 is 0 Å². The molecule has 1 unspecified atom stereocenters. The fourth-order valence-corrected chi connectivity index (χ4v) is 6.54. The van der Waals surface area contributed by atoms with E-state index in [9.17, 15) is 13.2 Å². The third-order valence-electron chi connectivity index (χ3n) is 5.63. The third kappa shape index (κ3) is 6.30. The molecule has 1 aromatic heterocycles. The van der Waals surface area contributed by atoms with Gasteiger partial charge in [0.25, 0.3) is 0 Å². The minimum Gasteiger partial charge on any atom is -0.241 e. The van der Waals surface area contributed by atoms with Crippen molar-refractivity contribution >= 4 is 23.1 Å². The lowest BCUT2D eigenvalue weighted by Gasteiger charge is -2.16. The highest BCUT2D eigenvalue weighted by molar-refractivity contribution is 7.99. The highest BCUT2D eigenvalue weighted by Gasteiger charge is 2.30. The van der Waals surface area contributed by atoms with Crippen LogP contribution >= 0.6 is 23.1 Å². The molecule has 3 aromatic carbocycles. The number of thiazole rings is 1. The SMILES string of the molecule is Cc1cccc(SC(CCCc2ccccc2)c2sc(-c3ccc(C(F)(F)F)cc3)nc2C)c1. The molecule has 4 rings (SSSR count). The standard InChI is InChI=1S/C28H26F3NS2/c1-19-8-6-12-24(18-19)33-25(13-7-11-21-9-4-3-5-10-21)26-20(2)32-27(34-26)22-14-16-23(17-15-22)28(29,30)31/h3-6,8-10,12,14-18,25H,7,11,13H2,1-2H3. The van der Waals surface area contributed by atoms with Gasteiger partial charge < -0.3 is 0 Å². The van der Waals surface area contributed by atoms with Gasteiger partial charge in [0.2, 0.25) is 0 Å². The van der Waals surface area contributed by atoms with Crippen LogP contribution in [-0.2, 0) is 12.6 Å². The number of hydrogen-bond donors (Lipinski definition) is 0. The van der Waals surface area contributed by atoms with Crippen LogP contribution in [0.5, 0.6) is 0 Å². The summed E-state index contributed by atoms with van der Waals surface area (Å²) in [6.45, 7) is 4.09. The van der Waals surface area contributed by atoms with Crippen LogP contribution in [0.25, 0.3) is 10.6 Å². The summed E-state index contributed by atoms with van der Waals surface area (Å²) in [4.78, 5) is 7.15. The lowest BCUT2D eigenvalue weighted by Crippen LogP contribution is -2.03. The van der Waals surface area contributed by atoms with Crippen LogP contribution in [0, 0.1) is 13.8 Å². The Labute approximate surface area is 207 Å². The Morgan fingerprint density at radius 3 is 2.32 bits per heavy atom. The van der Waals surface area contributed by atoms with Crippen molar-refractivity contribution in [3.63, 3.8) is 0 Å². The summed E-state index contributed by atoms with van der Waals surface area (Å²) in [5.74, 6) is 0. The molecule has 0 N–H and O–H groups in total. The Hall–Kier alpha value is -2.57. The fraction of sp³-hybridized carbons (Fsp3) is 0.250. The zero-order valence-electron chi connectivity index (χ0n) is 19.1. The first-order valence-corrected chi connectivity index (χ1v) is 12.9. The molecule has 34 heavy (non-hydrogen) atoms. The smallest absolute Gasteiger partial charge is 0.241 e. The number of halogens is 3. The van der Waals surface area contributed by atoms with Crippen molar-refractivity contribution in [2.45, 2.75) is 49.4 Å². The summed E-state index contributed by atoms with van der Waals surface area (Å²) in [5, 5.41) is 0.991. The van der Waals surface area contributed by atoms with Crippen LogP contribution < -0.4 is 0 Å². The maximum absolute atomic E-state index is 13.0. The van der Waals surface area contributed by atoms with E-state index < -0.39 is 11.7 Å². The van der Waals surface area contributed by atoms with E-state index in [0.717, 1.165) is 47.7 Å². The molecule has 176 valence electrons. The first-order valence-electron chi connectivity index (χ1n) is 11.2. The summed E-state index contributed by atoms with van der Waals surface area (Å²) in [6.07, 6.45) is -1.30. The maximum atomic E-state index is 13.0. The molecule has 0 saturated carbocycles. The van der Waals surface area contributed by atoms with E-state index in [4.69, 9.17) is 4.98 Å². The van der Waals surface area contributed by atoms with Crippen molar-refractivity contribution < 1.29 is 13.2 Å². The van der Waals surface area contributed by atoms with Crippen LogP contribution in [0.3, 0.4) is 0 Å². The largest absolute Gasteiger partial charge is 0.416 e. The molecule has 0 spiro atoms. The molecule has 4 aromatic rings. The molecular formula is C28H26F3NS2. The quantitative estimate of drug-likeness (QED) is 0.225. The fourth-order valence-electron chi connectivity index (χ4n) is 3.86. The third-order valence-corrected chi connectivity index (χ3v) is 8.38. The second-order valence-electron chi connectivity index (χ2n) is 8.34. The van der Waals surface area contributed by atoms with Crippen LogP contribution in [-0.4, -0.2) is 4.98 Å². The van der Waals surface area contributed by atoms with Crippen molar-refractivity contribution in [1.82, 2.24) is 4.98 Å². The Balaban J connectivity index is 1.57. The van der Waals surface area contributed by atoms with E-state index in [1.807, 2.05) is 24.8 Å². The van der Waals surface area contributed by atoms with Crippen molar-refractivity contribution in [2.75, 3.05) is 0 Å². The number of aromatic nitrogens is 1. The number of rotatable bonds is 8. The molecule has 6 heteroatoms. The zero-order valence-corrected chi connectivity index (χ0v) is 20.7. The Bertz CT molecular complexity index is 1210. The molecule has 1 atom stereocenters. The molecule has 0 saturated heterocycles. The molecule has 1 nitrogen and oxygen atoms in total. The van der Waals surface area contributed by atoms with Gasteiger partial charge in [0.1, 0.15) is 5.01 Å². The molecular weight excluding hydrogens is 471 g/mol. The average molecular weight is 498 g/mol. The van der Waals surface area contributed by atoms with Gasteiger partial charge in [-0.05, 0) is 62.9 Å². The molecule has 1 heterocycles. The Morgan fingerprint density at radius 1 is 0.912 bits per heavy atom. The summed E-state index contributed by atoms with van der Waals surface area (Å²) in [5.41, 5.74) is 3.58. The summed E-state index contributed by atoms with van der Waals surface area (Å²) >= 11 is 3.43. The van der Waals surface area contributed by atoms with E-state index in [2.05, 4.69) is 55.5 Å². The lowest BCUT2D eigenvalue weighted by atomic mass is 10.1. The van der Waals surface area contributed by atoms with E-state index in [1.54, 1.807) is 11.3 Å². The highest BCUT2D eigenvalue weighted by atomic mass is 32.2. The number of thioether (sulfide) groups is 1. The molecule has 0 bridgehead atoms. The van der Waals surface area contributed by atoms with Gasteiger partial charge in [0.05, 0.1) is 11.3 Å². The minimum absolute atomic E-state index is 0.228. The van der Waals surface area contributed by atoms with Crippen LogP contribution in [0.4, 0.5) is 13.2 Å². The van der Waals surface area contributed by atoms with Gasteiger partial charge >= 0.3 is 6.18 Å². The topological polar surface area (TPSA) is 12.9 Å². The number of nitrogens with zero attached hydrogens (tertiary/aromatic N) is 1. The van der Waals surface area contributed by atoms with Crippen molar-refractivity contribution in [1.29, 1.82) is 0 Å². The van der Waals surface area contributed by atoms with E-state index in [0.29, 0.717) is 0 Å². The Morgan fingerprint density at radius 2 is 1.65 bits per heavy atom. The molecule has 0 amide bonds. The number of benzene rings is 3. The molecule has 0 fully saturated rings. The van der Waals surface area contributed by atoms with Gasteiger partial charge in [-0.3, -0.25) is 0 Å². The normalized spacial score (nSPS) is 12.6. The predicted octanol–water partition coefficient (Wildman–Crippen LogP) is 9.30. The average Bonchev–Trinajstić information content (AvgIpc) is 3.20. The van der Waals surface area contributed by atoms with Gasteiger partial charge in [0.15, 0.2) is 0 Å². The second-order valence-corrected chi connectivity index (χ2v) is 10.7. The lowest BCUT2D eigenvalue weighted by molar-refractivity contribution is -0.137.